The SMILES string of the molecule is CC(C)(COc1cc(F)cc(CN)c1)C(=O)O. The van der Waals surface area contributed by atoms with E-state index >= 15 is 0 Å². The number of carboxylic acid groups (broad SMARTS) is 1. The molecule has 0 atom stereocenters. The highest BCUT2D eigenvalue weighted by atomic mass is 19.1. The highest BCUT2D eigenvalue weighted by Crippen LogP contribution is 2.21. The third-order valence-electron chi connectivity index (χ3n) is 2.35. The van der Waals surface area contributed by atoms with E-state index in [-0.39, 0.29) is 13.2 Å². The molecule has 0 amide bonds. The van der Waals surface area contributed by atoms with Crippen LogP contribution in [0.2, 0.25) is 0 Å². The molecule has 0 fully saturated rings. The van der Waals surface area contributed by atoms with E-state index in [1.807, 2.05) is 0 Å². The van der Waals surface area contributed by atoms with Crippen LogP contribution >= 0.6 is 0 Å². The number of carbonyl (C=O) groups is 1. The molecule has 0 heterocycles. The van der Waals surface area contributed by atoms with Gasteiger partial charge in [0.1, 0.15) is 18.2 Å². The van der Waals surface area contributed by atoms with E-state index in [2.05, 4.69) is 0 Å². The Balaban J connectivity index is 2.76. The maximum Gasteiger partial charge on any atom is 0.312 e. The number of ether oxygens (including phenoxy) is 1. The Morgan fingerprint density at radius 1 is 1.47 bits per heavy atom. The van der Waals surface area contributed by atoms with Gasteiger partial charge in [-0.2, -0.15) is 0 Å². The largest absolute Gasteiger partial charge is 0.492 e. The average Bonchev–Trinajstić information content (AvgIpc) is 2.25. The van der Waals surface area contributed by atoms with Crippen molar-refractivity contribution < 1.29 is 19.0 Å². The molecule has 1 aromatic carbocycles. The summed E-state index contributed by atoms with van der Waals surface area (Å²) in [5, 5.41) is 8.90. The standard InChI is InChI=1S/C12H16FNO3/c1-12(2,11(15)16)7-17-10-4-8(6-14)3-9(13)5-10/h3-5H,6-7,14H2,1-2H3,(H,15,16). The number of hydrogen-bond donors (Lipinski definition) is 2. The summed E-state index contributed by atoms with van der Waals surface area (Å²) in [6.45, 7) is 3.25. The summed E-state index contributed by atoms with van der Waals surface area (Å²) in [7, 11) is 0. The van der Waals surface area contributed by atoms with Crippen LogP contribution < -0.4 is 10.5 Å². The lowest BCUT2D eigenvalue weighted by Crippen LogP contribution is -2.30. The molecule has 1 aromatic rings. The summed E-state index contributed by atoms with van der Waals surface area (Å²) in [6.07, 6.45) is 0. The van der Waals surface area contributed by atoms with Crippen LogP contribution in [0.5, 0.6) is 5.75 Å². The van der Waals surface area contributed by atoms with Crippen molar-refractivity contribution in [3.8, 4) is 5.75 Å². The zero-order chi connectivity index (χ0) is 13.1. The number of carboxylic acids is 1. The summed E-state index contributed by atoms with van der Waals surface area (Å²) in [4.78, 5) is 10.9. The molecule has 0 saturated carbocycles. The number of hydrogen-bond acceptors (Lipinski definition) is 3. The Morgan fingerprint density at radius 3 is 2.65 bits per heavy atom. The van der Waals surface area contributed by atoms with Crippen LogP contribution in [-0.2, 0) is 11.3 Å². The Bertz CT molecular complexity index is 418. The molecule has 94 valence electrons. The van der Waals surface area contributed by atoms with Gasteiger partial charge in [-0.3, -0.25) is 4.79 Å². The number of rotatable bonds is 5. The van der Waals surface area contributed by atoms with Crippen molar-refractivity contribution in [2.75, 3.05) is 6.61 Å². The summed E-state index contributed by atoms with van der Waals surface area (Å²) < 4.78 is 18.4. The predicted octanol–water partition coefficient (Wildman–Crippen LogP) is 1.77. The van der Waals surface area contributed by atoms with E-state index in [1.54, 1.807) is 19.9 Å². The zero-order valence-corrected chi connectivity index (χ0v) is 9.87. The summed E-state index contributed by atoms with van der Waals surface area (Å²) in [5.74, 6) is -1.12. The zero-order valence-electron chi connectivity index (χ0n) is 9.87. The first kappa shape index (κ1) is 13.4. The lowest BCUT2D eigenvalue weighted by atomic mass is 9.95. The number of benzene rings is 1. The van der Waals surface area contributed by atoms with Gasteiger partial charge >= 0.3 is 5.97 Å². The molecule has 0 aliphatic heterocycles. The fourth-order valence-corrected chi connectivity index (χ4v) is 1.15. The number of halogens is 1. The van der Waals surface area contributed by atoms with Crippen molar-refractivity contribution >= 4 is 5.97 Å². The minimum absolute atomic E-state index is 0.0319. The molecule has 0 aromatic heterocycles. The van der Waals surface area contributed by atoms with E-state index in [1.165, 1.54) is 12.1 Å². The predicted molar refractivity (Wildman–Crippen MR) is 61.2 cm³/mol. The van der Waals surface area contributed by atoms with E-state index in [4.69, 9.17) is 15.6 Å². The van der Waals surface area contributed by atoms with Crippen LogP contribution in [0.15, 0.2) is 18.2 Å². The van der Waals surface area contributed by atoms with Crippen molar-refractivity contribution in [2.45, 2.75) is 20.4 Å². The van der Waals surface area contributed by atoms with Gasteiger partial charge in [0.2, 0.25) is 0 Å². The van der Waals surface area contributed by atoms with Gasteiger partial charge in [0.25, 0.3) is 0 Å². The van der Waals surface area contributed by atoms with Crippen molar-refractivity contribution in [1.82, 2.24) is 0 Å². The second kappa shape index (κ2) is 5.14. The highest BCUT2D eigenvalue weighted by molar-refractivity contribution is 5.73. The molecule has 0 saturated heterocycles. The van der Waals surface area contributed by atoms with E-state index in [0.717, 1.165) is 0 Å². The molecule has 0 bridgehead atoms. The van der Waals surface area contributed by atoms with Gasteiger partial charge in [-0.1, -0.05) is 0 Å². The van der Waals surface area contributed by atoms with Crippen LogP contribution in [-0.4, -0.2) is 17.7 Å². The maximum atomic E-state index is 13.1. The van der Waals surface area contributed by atoms with Gasteiger partial charge in [-0.15, -0.1) is 0 Å². The fourth-order valence-electron chi connectivity index (χ4n) is 1.15. The Morgan fingerprint density at radius 2 is 2.12 bits per heavy atom. The topological polar surface area (TPSA) is 72.5 Å². The lowest BCUT2D eigenvalue weighted by molar-refractivity contribution is -0.148. The fraction of sp³-hybridized carbons (Fsp3) is 0.417. The Labute approximate surface area is 99.2 Å². The normalized spacial score (nSPS) is 11.3. The first-order valence-corrected chi connectivity index (χ1v) is 5.21. The van der Waals surface area contributed by atoms with Crippen LogP contribution in [0.4, 0.5) is 4.39 Å². The molecule has 0 radical (unpaired) electrons. The highest BCUT2D eigenvalue weighted by Gasteiger charge is 2.28. The second-order valence-electron chi connectivity index (χ2n) is 4.48. The third-order valence-corrected chi connectivity index (χ3v) is 2.35. The van der Waals surface area contributed by atoms with E-state index in [0.29, 0.717) is 11.3 Å². The van der Waals surface area contributed by atoms with Gasteiger partial charge in [0, 0.05) is 12.6 Å². The van der Waals surface area contributed by atoms with E-state index < -0.39 is 17.2 Å². The average molecular weight is 241 g/mol. The van der Waals surface area contributed by atoms with Gasteiger partial charge < -0.3 is 15.6 Å². The minimum atomic E-state index is -1.02. The summed E-state index contributed by atoms with van der Waals surface area (Å²) in [5.41, 5.74) is 4.99. The van der Waals surface area contributed by atoms with Gasteiger partial charge in [-0.05, 0) is 31.5 Å². The van der Waals surface area contributed by atoms with Crippen LogP contribution in [0.3, 0.4) is 0 Å². The van der Waals surface area contributed by atoms with Gasteiger partial charge in [0.05, 0.1) is 5.41 Å². The first-order valence-electron chi connectivity index (χ1n) is 5.21. The molecule has 0 unspecified atom stereocenters. The quantitative estimate of drug-likeness (QED) is 0.824. The summed E-state index contributed by atoms with van der Waals surface area (Å²) >= 11 is 0. The van der Waals surface area contributed by atoms with Crippen molar-refractivity contribution in [1.29, 1.82) is 0 Å². The van der Waals surface area contributed by atoms with Crippen molar-refractivity contribution in [3.63, 3.8) is 0 Å². The Hall–Kier alpha value is -1.62. The number of aliphatic carboxylic acids is 1. The van der Waals surface area contributed by atoms with Crippen LogP contribution in [0.25, 0.3) is 0 Å². The van der Waals surface area contributed by atoms with E-state index in [9.17, 15) is 9.18 Å². The second-order valence-corrected chi connectivity index (χ2v) is 4.48. The Kier molecular flexibility index (Phi) is 4.07. The molecule has 0 aliphatic carbocycles. The van der Waals surface area contributed by atoms with Crippen molar-refractivity contribution in [2.24, 2.45) is 11.1 Å². The molecule has 0 aliphatic rings. The molecular weight excluding hydrogens is 225 g/mol. The summed E-state index contributed by atoms with van der Waals surface area (Å²) in [6, 6.07) is 4.12. The minimum Gasteiger partial charge on any atom is -0.492 e. The molecule has 3 N–H and O–H groups in total. The molecule has 4 nitrogen and oxygen atoms in total. The number of nitrogens with two attached hydrogens (primary N) is 1. The lowest BCUT2D eigenvalue weighted by Gasteiger charge is -2.19. The molecular formula is C12H16FNO3. The molecule has 0 spiro atoms. The monoisotopic (exact) mass is 241 g/mol. The third kappa shape index (κ3) is 3.71. The first-order chi connectivity index (χ1) is 7.85. The molecule has 5 heteroatoms. The van der Waals surface area contributed by atoms with Gasteiger partial charge in [-0.25, -0.2) is 4.39 Å². The van der Waals surface area contributed by atoms with Crippen LogP contribution in [0.1, 0.15) is 19.4 Å². The molecule has 1 rings (SSSR count). The molecule has 17 heavy (non-hydrogen) atoms. The maximum absolute atomic E-state index is 13.1. The smallest absolute Gasteiger partial charge is 0.312 e. The van der Waals surface area contributed by atoms with Crippen LogP contribution in [0, 0.1) is 11.2 Å². The van der Waals surface area contributed by atoms with Crippen molar-refractivity contribution in [3.05, 3.63) is 29.6 Å². The van der Waals surface area contributed by atoms with Gasteiger partial charge in [0.15, 0.2) is 0 Å².